The molecule has 1 heteroatoms. The lowest BCUT2D eigenvalue weighted by Gasteiger charge is -2.07. The Morgan fingerprint density at radius 2 is 2.31 bits per heavy atom. The van der Waals surface area contributed by atoms with Gasteiger partial charge in [-0.25, -0.2) is 0 Å². The van der Waals surface area contributed by atoms with Crippen molar-refractivity contribution in [3.8, 4) is 0 Å². The average molecular weight is 175 g/mol. The molecule has 0 saturated carbocycles. The van der Waals surface area contributed by atoms with E-state index in [0.717, 1.165) is 12.1 Å². The lowest BCUT2D eigenvalue weighted by molar-refractivity contribution is 0.967. The predicted octanol–water partition coefficient (Wildman–Crippen LogP) is 3.59. The minimum Gasteiger partial charge on any atom is -0.261 e. The van der Waals surface area contributed by atoms with Crippen LogP contribution in [0.25, 0.3) is 5.57 Å². The molecular weight excluding hydrogens is 158 g/mol. The molecule has 0 spiro atoms. The van der Waals surface area contributed by atoms with Crippen molar-refractivity contribution >= 4 is 5.57 Å². The van der Waals surface area contributed by atoms with E-state index < -0.39 is 0 Å². The Kier molecular flexibility index (Phi) is 3.69. The molecule has 0 aromatic carbocycles. The minimum absolute atomic E-state index is 1.13. The van der Waals surface area contributed by atoms with Crippen LogP contribution in [0.1, 0.15) is 37.9 Å². The molecule has 0 fully saturated rings. The summed E-state index contributed by atoms with van der Waals surface area (Å²) in [7, 11) is 0. The summed E-state index contributed by atoms with van der Waals surface area (Å²) in [5.41, 5.74) is 3.84. The van der Waals surface area contributed by atoms with Gasteiger partial charge in [0, 0.05) is 11.9 Å². The minimum atomic E-state index is 1.13. The summed E-state index contributed by atoms with van der Waals surface area (Å²) in [6, 6.07) is 4.15. The first-order valence-electron chi connectivity index (χ1n) is 4.86. The van der Waals surface area contributed by atoms with Crippen molar-refractivity contribution in [2.75, 3.05) is 0 Å². The molecule has 0 amide bonds. The second-order valence-corrected chi connectivity index (χ2v) is 3.20. The number of rotatable bonds is 3. The normalized spacial score (nSPS) is 11.8. The standard InChI is InChI=1S/C12H17N/c1-4-7-11(5-2)12-8-6-9-13-10(12)3/h5-6,8-9H,4,7H2,1-3H3/b11-5-. The fourth-order valence-electron chi connectivity index (χ4n) is 1.53. The van der Waals surface area contributed by atoms with Crippen LogP contribution in [0.3, 0.4) is 0 Å². The molecule has 0 aliphatic heterocycles. The molecular formula is C12H17N. The van der Waals surface area contributed by atoms with Crippen molar-refractivity contribution in [3.63, 3.8) is 0 Å². The zero-order valence-electron chi connectivity index (χ0n) is 8.67. The van der Waals surface area contributed by atoms with Gasteiger partial charge >= 0.3 is 0 Å². The first-order valence-corrected chi connectivity index (χ1v) is 4.86. The summed E-state index contributed by atoms with van der Waals surface area (Å²) < 4.78 is 0. The molecule has 0 unspecified atom stereocenters. The zero-order chi connectivity index (χ0) is 9.68. The van der Waals surface area contributed by atoms with Crippen molar-refractivity contribution in [1.29, 1.82) is 0 Å². The Bertz CT molecular complexity index is 300. The van der Waals surface area contributed by atoms with Gasteiger partial charge in [-0.2, -0.15) is 0 Å². The van der Waals surface area contributed by atoms with E-state index in [2.05, 4.69) is 37.9 Å². The van der Waals surface area contributed by atoms with E-state index in [4.69, 9.17) is 0 Å². The second-order valence-electron chi connectivity index (χ2n) is 3.20. The summed E-state index contributed by atoms with van der Waals surface area (Å²) in [5, 5.41) is 0. The van der Waals surface area contributed by atoms with Gasteiger partial charge in [-0.1, -0.05) is 25.5 Å². The Morgan fingerprint density at radius 3 is 2.85 bits per heavy atom. The van der Waals surface area contributed by atoms with Crippen LogP contribution in [-0.4, -0.2) is 4.98 Å². The summed E-state index contributed by atoms with van der Waals surface area (Å²) in [6.45, 7) is 6.36. The van der Waals surface area contributed by atoms with Crippen LogP contribution in [0.5, 0.6) is 0 Å². The molecule has 0 saturated heterocycles. The predicted molar refractivity (Wildman–Crippen MR) is 57.5 cm³/mol. The Labute approximate surface area is 80.5 Å². The molecule has 1 aromatic rings. The summed E-state index contributed by atoms with van der Waals surface area (Å²) >= 11 is 0. The number of hydrogen-bond acceptors (Lipinski definition) is 1. The molecule has 0 aliphatic rings. The van der Waals surface area contributed by atoms with Crippen LogP contribution in [0, 0.1) is 6.92 Å². The summed E-state index contributed by atoms with van der Waals surface area (Å²) in [4.78, 5) is 4.29. The Hall–Kier alpha value is -1.11. The van der Waals surface area contributed by atoms with E-state index in [1.165, 1.54) is 17.6 Å². The summed E-state index contributed by atoms with van der Waals surface area (Å²) in [5.74, 6) is 0. The lowest BCUT2D eigenvalue weighted by atomic mass is 10.0. The maximum Gasteiger partial charge on any atom is 0.0447 e. The monoisotopic (exact) mass is 175 g/mol. The fraction of sp³-hybridized carbons (Fsp3) is 0.417. The largest absolute Gasteiger partial charge is 0.261 e. The summed E-state index contributed by atoms with van der Waals surface area (Å²) in [6.07, 6.45) is 6.36. The molecule has 0 N–H and O–H groups in total. The third-order valence-corrected chi connectivity index (χ3v) is 2.22. The number of aryl methyl sites for hydroxylation is 1. The highest BCUT2D eigenvalue weighted by Crippen LogP contribution is 2.21. The Balaban J connectivity index is 2.99. The number of hydrogen-bond donors (Lipinski definition) is 0. The topological polar surface area (TPSA) is 12.9 Å². The molecule has 0 bridgehead atoms. The SMILES string of the molecule is C/C=C(/CCC)c1cccnc1C. The van der Waals surface area contributed by atoms with Crippen molar-refractivity contribution in [3.05, 3.63) is 35.7 Å². The molecule has 13 heavy (non-hydrogen) atoms. The van der Waals surface area contributed by atoms with Gasteiger partial charge in [0.05, 0.1) is 0 Å². The van der Waals surface area contributed by atoms with Gasteiger partial charge in [-0.05, 0) is 37.5 Å². The van der Waals surface area contributed by atoms with Crippen molar-refractivity contribution in [2.45, 2.75) is 33.6 Å². The smallest absolute Gasteiger partial charge is 0.0447 e. The van der Waals surface area contributed by atoms with Crippen LogP contribution in [0.15, 0.2) is 24.4 Å². The van der Waals surface area contributed by atoms with E-state index in [1.807, 2.05) is 12.3 Å². The van der Waals surface area contributed by atoms with Gasteiger partial charge < -0.3 is 0 Å². The van der Waals surface area contributed by atoms with Crippen LogP contribution < -0.4 is 0 Å². The first kappa shape index (κ1) is 9.97. The molecule has 0 atom stereocenters. The van der Waals surface area contributed by atoms with Gasteiger partial charge in [0.1, 0.15) is 0 Å². The van der Waals surface area contributed by atoms with Crippen molar-refractivity contribution in [2.24, 2.45) is 0 Å². The molecule has 1 rings (SSSR count). The van der Waals surface area contributed by atoms with Crippen molar-refractivity contribution < 1.29 is 0 Å². The molecule has 1 aromatic heterocycles. The molecule has 70 valence electrons. The quantitative estimate of drug-likeness (QED) is 0.684. The molecule has 1 heterocycles. The zero-order valence-corrected chi connectivity index (χ0v) is 8.67. The van der Waals surface area contributed by atoms with Crippen LogP contribution in [0.4, 0.5) is 0 Å². The number of allylic oxidation sites excluding steroid dienone is 2. The fourth-order valence-corrected chi connectivity index (χ4v) is 1.53. The Morgan fingerprint density at radius 1 is 1.54 bits per heavy atom. The first-order chi connectivity index (χ1) is 6.29. The van der Waals surface area contributed by atoms with Gasteiger partial charge in [0.2, 0.25) is 0 Å². The van der Waals surface area contributed by atoms with Crippen LogP contribution in [0.2, 0.25) is 0 Å². The van der Waals surface area contributed by atoms with E-state index in [0.29, 0.717) is 0 Å². The molecule has 1 nitrogen and oxygen atoms in total. The van der Waals surface area contributed by atoms with E-state index in [9.17, 15) is 0 Å². The van der Waals surface area contributed by atoms with E-state index >= 15 is 0 Å². The maximum absolute atomic E-state index is 4.29. The maximum atomic E-state index is 4.29. The third-order valence-electron chi connectivity index (χ3n) is 2.22. The van der Waals surface area contributed by atoms with Gasteiger partial charge in [0.15, 0.2) is 0 Å². The highest BCUT2D eigenvalue weighted by Gasteiger charge is 2.02. The highest BCUT2D eigenvalue weighted by molar-refractivity contribution is 5.66. The van der Waals surface area contributed by atoms with Crippen molar-refractivity contribution in [1.82, 2.24) is 4.98 Å². The number of nitrogens with zero attached hydrogens (tertiary/aromatic N) is 1. The van der Waals surface area contributed by atoms with E-state index in [1.54, 1.807) is 0 Å². The average Bonchev–Trinajstić information content (AvgIpc) is 2.16. The van der Waals surface area contributed by atoms with E-state index in [-0.39, 0.29) is 0 Å². The number of aromatic nitrogens is 1. The van der Waals surface area contributed by atoms with Gasteiger partial charge in [0.25, 0.3) is 0 Å². The van der Waals surface area contributed by atoms with Crippen LogP contribution >= 0.6 is 0 Å². The second kappa shape index (κ2) is 4.80. The van der Waals surface area contributed by atoms with Gasteiger partial charge in [-0.3, -0.25) is 4.98 Å². The highest BCUT2D eigenvalue weighted by atomic mass is 14.7. The van der Waals surface area contributed by atoms with Gasteiger partial charge in [-0.15, -0.1) is 0 Å². The molecule has 0 radical (unpaired) electrons. The molecule has 0 aliphatic carbocycles. The van der Waals surface area contributed by atoms with Crippen LogP contribution in [-0.2, 0) is 0 Å². The number of pyridine rings is 1. The lowest BCUT2D eigenvalue weighted by Crippen LogP contribution is -1.91. The third kappa shape index (κ3) is 2.41.